The number of hydrogen-bond donors (Lipinski definition) is 0. The van der Waals surface area contributed by atoms with E-state index in [1.165, 1.54) is 167 Å². The quantitative estimate of drug-likeness (QED) is 0.134. The standard InChI is InChI=1S/C112H125B2N5O/c1-68-58-92-97-94(60-68)117(99-81-64-83-85(110(22,23)53-52-109(83,20)21)66-91(81)119(76-30-28-27-29-31-76)101(99)113(97)87-62-74(106(12,13)14)40-50-89(87)115(92)77-42-32-70(33-43-77)103(3,4)5)79-48-38-73(39-49-79)108(18,19)54-56-112(26)57-55-111(24,25)84-65-82-96(67-86(84)112)120-102-100(82)118(80-46-36-72(37-47-80)105(9,10)11)95-61-69(2)59-93-98(95)114(102)88-63-75(107(15,16)17)41-51-90(88)116(93)78-44-34-71(35-45-78)104(6,7)8/h27-51,58-67H,52-57H2,1-26H3. The van der Waals surface area contributed by atoms with Crippen molar-refractivity contribution in [2.75, 3.05) is 19.6 Å². The molecule has 8 heteroatoms. The van der Waals surface area contributed by atoms with Crippen LogP contribution in [0.4, 0.5) is 68.2 Å². The Balaban J connectivity index is 0.751. The van der Waals surface area contributed by atoms with Gasteiger partial charge in [-0.3, -0.25) is 0 Å². The third kappa shape index (κ3) is 12.6. The first-order valence-electron chi connectivity index (χ1n) is 44.9. The van der Waals surface area contributed by atoms with Gasteiger partial charge in [0.2, 0.25) is 0 Å². The summed E-state index contributed by atoms with van der Waals surface area (Å²) in [6.07, 6.45) is 6.47. The molecule has 1 unspecified atom stereocenters. The number of aryl methyl sites for hydroxylation is 2. The van der Waals surface area contributed by atoms with Crippen molar-refractivity contribution in [3.05, 3.63) is 279 Å². The first kappa shape index (κ1) is 79.6. The summed E-state index contributed by atoms with van der Waals surface area (Å²) >= 11 is 0. The number of aromatic nitrogens is 1. The van der Waals surface area contributed by atoms with Gasteiger partial charge in [-0.2, -0.15) is 0 Å². The number of anilines is 12. The van der Waals surface area contributed by atoms with Crippen LogP contribution >= 0.6 is 0 Å². The van der Waals surface area contributed by atoms with Gasteiger partial charge in [-0.15, -0.1) is 0 Å². The van der Waals surface area contributed by atoms with Crippen LogP contribution in [0.25, 0.3) is 27.6 Å². The summed E-state index contributed by atoms with van der Waals surface area (Å²) in [5.41, 5.74) is 41.1. The first-order valence-corrected chi connectivity index (χ1v) is 44.9. The summed E-state index contributed by atoms with van der Waals surface area (Å²) in [5.74, 6) is 0. The molecule has 120 heavy (non-hydrogen) atoms. The van der Waals surface area contributed by atoms with Gasteiger partial charge >= 0.3 is 0 Å². The third-order valence-electron chi connectivity index (χ3n) is 29.6. The summed E-state index contributed by atoms with van der Waals surface area (Å²) in [6.45, 7) is 62.0. The number of fused-ring (bicyclic) bond motifs is 14. The highest BCUT2D eigenvalue weighted by Gasteiger charge is 2.52. The Morgan fingerprint density at radius 2 is 0.708 bits per heavy atom. The highest BCUT2D eigenvalue weighted by molar-refractivity contribution is 7.01. The molecule has 13 aromatic rings. The number of benzene rings is 11. The molecule has 19 rings (SSSR count). The van der Waals surface area contributed by atoms with Gasteiger partial charge in [0.05, 0.1) is 22.6 Å². The number of furan rings is 1. The Bertz CT molecular complexity index is 6350. The van der Waals surface area contributed by atoms with Gasteiger partial charge in [-0.05, 0) is 316 Å². The van der Waals surface area contributed by atoms with E-state index in [1.807, 2.05) is 0 Å². The molecule has 0 radical (unpaired) electrons. The fourth-order valence-electron chi connectivity index (χ4n) is 21.8. The summed E-state index contributed by atoms with van der Waals surface area (Å²) in [7, 11) is 0. The second-order valence-corrected chi connectivity index (χ2v) is 45.3. The molecule has 6 nitrogen and oxygen atoms in total. The maximum Gasteiger partial charge on any atom is 0.297 e. The van der Waals surface area contributed by atoms with E-state index in [1.54, 1.807) is 0 Å². The minimum absolute atomic E-state index is 0.00530. The van der Waals surface area contributed by atoms with Gasteiger partial charge in [0.25, 0.3) is 13.4 Å². The molecule has 11 aromatic carbocycles. The average Bonchev–Trinajstić information content (AvgIpc) is 1.47. The van der Waals surface area contributed by atoms with Crippen molar-refractivity contribution in [3.8, 4) is 5.69 Å². The van der Waals surface area contributed by atoms with E-state index in [2.05, 4.69) is 417 Å². The largest absolute Gasteiger partial charge is 0.468 e. The van der Waals surface area contributed by atoms with E-state index in [0.29, 0.717) is 0 Å². The van der Waals surface area contributed by atoms with Gasteiger partial charge in [0, 0.05) is 78.9 Å². The lowest BCUT2D eigenvalue weighted by molar-refractivity contribution is 0.272. The summed E-state index contributed by atoms with van der Waals surface area (Å²) in [6, 6.07) is 84.8. The highest BCUT2D eigenvalue weighted by Crippen LogP contribution is 2.57. The van der Waals surface area contributed by atoms with Crippen LogP contribution in [0.1, 0.15) is 271 Å². The van der Waals surface area contributed by atoms with Crippen LogP contribution in [0.3, 0.4) is 0 Å². The normalized spacial score (nSPS) is 17.6. The lowest BCUT2D eigenvalue weighted by Crippen LogP contribution is -2.63. The number of hydrogen-bond acceptors (Lipinski definition) is 5. The van der Waals surface area contributed by atoms with E-state index in [0.717, 1.165) is 66.8 Å². The molecule has 0 N–H and O–H groups in total. The van der Waals surface area contributed by atoms with Crippen LogP contribution in [0, 0.1) is 13.8 Å². The lowest BCUT2D eigenvalue weighted by Gasteiger charge is -2.45. The molecule has 2 aliphatic carbocycles. The zero-order valence-electron chi connectivity index (χ0n) is 76.7. The minimum atomic E-state index is -0.186. The third-order valence-corrected chi connectivity index (χ3v) is 29.6. The molecule has 6 heterocycles. The Hall–Kier alpha value is -10.2. The predicted molar refractivity (Wildman–Crippen MR) is 518 cm³/mol. The van der Waals surface area contributed by atoms with Gasteiger partial charge < -0.3 is 28.6 Å². The van der Waals surface area contributed by atoms with Crippen LogP contribution in [0.15, 0.2) is 217 Å². The summed E-state index contributed by atoms with van der Waals surface area (Å²) in [5, 5.41) is 2.49. The molecule has 1 atom stereocenters. The number of rotatable bonds is 9. The molecule has 0 amide bonds. The molecular weight excluding hydrogens is 1450 g/mol. The van der Waals surface area contributed by atoms with Crippen LogP contribution in [-0.2, 0) is 54.1 Å². The summed E-state index contributed by atoms with van der Waals surface area (Å²) in [4.78, 5) is 10.5. The van der Waals surface area contributed by atoms with Gasteiger partial charge in [0.15, 0.2) is 0 Å². The zero-order valence-corrected chi connectivity index (χ0v) is 76.7. The molecule has 4 aliphatic heterocycles. The van der Waals surface area contributed by atoms with Crippen molar-refractivity contribution in [2.45, 2.75) is 273 Å². The smallest absolute Gasteiger partial charge is 0.297 e. The molecule has 2 aromatic heterocycles. The number of para-hydroxylation sites is 1. The van der Waals surface area contributed by atoms with Crippen molar-refractivity contribution in [1.82, 2.24) is 4.57 Å². The Kier molecular flexibility index (Phi) is 17.7. The van der Waals surface area contributed by atoms with Crippen molar-refractivity contribution in [3.63, 3.8) is 0 Å². The van der Waals surface area contributed by atoms with E-state index in [-0.39, 0.29) is 67.6 Å². The molecular formula is C112H125B2N5O. The fourth-order valence-corrected chi connectivity index (χ4v) is 21.8. The second-order valence-electron chi connectivity index (χ2n) is 45.3. The van der Waals surface area contributed by atoms with E-state index in [4.69, 9.17) is 4.42 Å². The van der Waals surface area contributed by atoms with E-state index >= 15 is 0 Å². The minimum Gasteiger partial charge on any atom is -0.468 e. The summed E-state index contributed by atoms with van der Waals surface area (Å²) < 4.78 is 10.7. The SMILES string of the molecule is Cc1cc2c3c(c1)N(c1ccc(C(C)(C)C)cc1)c1c(oc4cc5c(cc14)C(C)(C)CCC5(C)CCC(C)(C)c1ccc(N4c5cc(C)cc6c5B(c5cc(C(C)(C)C)ccc5N6c5ccc(C(C)(C)C)cc5)c5c4c4cc6c(cc4n5-c4ccccc4)C(C)(C)CCC6(C)C)cc1)B3c1cc(C(C)(C)C)ccc1N2c1ccc(C(C)(C)C)cc1. The van der Waals surface area contributed by atoms with Crippen LogP contribution < -0.4 is 52.7 Å². The lowest BCUT2D eigenvalue weighted by atomic mass is 9.34. The fraction of sp³-hybridized carbons (Fsp3) is 0.375. The Morgan fingerprint density at radius 3 is 1.17 bits per heavy atom. The van der Waals surface area contributed by atoms with E-state index in [9.17, 15) is 0 Å². The van der Waals surface area contributed by atoms with Gasteiger partial charge in [-0.1, -0.05) is 257 Å². The average molecular weight is 1580 g/mol. The number of nitrogens with zero attached hydrogens (tertiary/aromatic N) is 5. The maximum atomic E-state index is 7.95. The highest BCUT2D eigenvalue weighted by atomic mass is 16.3. The maximum absolute atomic E-state index is 7.95. The van der Waals surface area contributed by atoms with Crippen molar-refractivity contribution < 1.29 is 4.42 Å². The monoisotopic (exact) mass is 1580 g/mol. The topological polar surface area (TPSA) is 31.0 Å². The van der Waals surface area contributed by atoms with Crippen molar-refractivity contribution in [2.24, 2.45) is 0 Å². The zero-order chi connectivity index (χ0) is 84.9. The molecule has 0 saturated heterocycles. The van der Waals surface area contributed by atoms with Crippen LogP contribution in [-0.4, -0.2) is 18.0 Å². The van der Waals surface area contributed by atoms with Crippen molar-refractivity contribution in [1.29, 1.82) is 0 Å². The van der Waals surface area contributed by atoms with Crippen LogP contribution in [0.2, 0.25) is 0 Å². The molecule has 0 fully saturated rings. The van der Waals surface area contributed by atoms with Gasteiger partial charge in [-0.25, -0.2) is 0 Å². The molecule has 0 bridgehead atoms. The predicted octanol–water partition coefficient (Wildman–Crippen LogP) is 27.1. The molecule has 0 spiro atoms. The molecule has 6 aliphatic rings. The van der Waals surface area contributed by atoms with Crippen LogP contribution in [0.5, 0.6) is 0 Å². The van der Waals surface area contributed by atoms with Gasteiger partial charge in [0.1, 0.15) is 5.58 Å². The Morgan fingerprint density at radius 1 is 0.333 bits per heavy atom. The molecule has 610 valence electrons. The molecule has 0 saturated carbocycles. The van der Waals surface area contributed by atoms with E-state index < -0.39 is 0 Å². The van der Waals surface area contributed by atoms with Crippen molar-refractivity contribution >= 4 is 137 Å². The Labute approximate surface area is 718 Å². The second kappa shape index (κ2) is 26.7. The first-order chi connectivity index (χ1) is 56.3.